The van der Waals surface area contributed by atoms with Gasteiger partial charge in [-0.3, -0.25) is 9.48 Å². The summed E-state index contributed by atoms with van der Waals surface area (Å²) in [6, 6.07) is 7.43. The van der Waals surface area contributed by atoms with Gasteiger partial charge in [0.05, 0.1) is 11.3 Å². The highest BCUT2D eigenvalue weighted by Gasteiger charge is 2.19. The Balaban J connectivity index is 1.49. The molecule has 4 aromatic heterocycles. The second-order valence-electron chi connectivity index (χ2n) is 7.95. The van der Waals surface area contributed by atoms with E-state index in [1.807, 2.05) is 25.1 Å². The number of aryl methyl sites for hydroxylation is 1. The van der Waals surface area contributed by atoms with E-state index >= 15 is 0 Å². The first-order valence-corrected chi connectivity index (χ1v) is 10.2. The highest BCUT2D eigenvalue weighted by Crippen LogP contribution is 2.29. The Morgan fingerprint density at radius 3 is 2.94 bits per heavy atom. The van der Waals surface area contributed by atoms with E-state index in [0.717, 1.165) is 38.7 Å². The molecule has 0 saturated heterocycles. The summed E-state index contributed by atoms with van der Waals surface area (Å²) in [5, 5.41) is 21.1. The van der Waals surface area contributed by atoms with E-state index in [-0.39, 0.29) is 12.5 Å². The molecule has 0 unspecified atom stereocenters. The summed E-state index contributed by atoms with van der Waals surface area (Å²) >= 11 is 0. The average molecular weight is 430 g/mol. The van der Waals surface area contributed by atoms with E-state index in [4.69, 9.17) is 5.73 Å². The van der Waals surface area contributed by atoms with Gasteiger partial charge in [-0.2, -0.15) is 9.83 Å². The van der Waals surface area contributed by atoms with Gasteiger partial charge < -0.3 is 21.2 Å². The quantitative estimate of drug-likeness (QED) is 0.374. The van der Waals surface area contributed by atoms with Crippen molar-refractivity contribution in [1.29, 1.82) is 0 Å². The van der Waals surface area contributed by atoms with Crippen molar-refractivity contribution in [2.75, 3.05) is 24.6 Å². The lowest BCUT2D eigenvalue weighted by molar-refractivity contribution is -0.604. The van der Waals surface area contributed by atoms with E-state index in [2.05, 4.69) is 20.4 Å². The Morgan fingerprint density at radius 2 is 2.09 bits per heavy atom. The van der Waals surface area contributed by atoms with E-state index < -0.39 is 0 Å². The van der Waals surface area contributed by atoms with Gasteiger partial charge in [-0.1, -0.05) is 0 Å². The smallest absolute Gasteiger partial charge is 0.244 e. The number of rotatable bonds is 3. The van der Waals surface area contributed by atoms with Crippen LogP contribution in [0.4, 0.5) is 17.5 Å². The Labute approximate surface area is 183 Å². The average Bonchev–Trinajstić information content (AvgIpc) is 3.08. The predicted molar refractivity (Wildman–Crippen MR) is 120 cm³/mol. The van der Waals surface area contributed by atoms with Crippen LogP contribution < -0.4 is 15.8 Å². The van der Waals surface area contributed by atoms with Crippen LogP contribution in [0.1, 0.15) is 11.3 Å². The van der Waals surface area contributed by atoms with Crippen LogP contribution in [-0.4, -0.2) is 44.1 Å². The van der Waals surface area contributed by atoms with Crippen molar-refractivity contribution in [2.24, 2.45) is 0 Å². The molecule has 10 nitrogen and oxygen atoms in total. The predicted octanol–water partition coefficient (Wildman–Crippen LogP) is 1.78. The topological polar surface area (TPSA) is 129 Å². The number of amides is 1. The van der Waals surface area contributed by atoms with Crippen LogP contribution in [0.3, 0.4) is 0 Å². The molecule has 0 aromatic carbocycles. The second-order valence-corrected chi connectivity index (χ2v) is 7.95. The van der Waals surface area contributed by atoms with Crippen LogP contribution in [0.15, 0.2) is 42.9 Å². The fraction of sp³-hybridized carbons (Fsp3) is 0.227. The molecule has 4 aromatic rings. The third-order valence-corrected chi connectivity index (χ3v) is 5.71. The number of pyridine rings is 3. The van der Waals surface area contributed by atoms with Gasteiger partial charge >= 0.3 is 0 Å². The summed E-state index contributed by atoms with van der Waals surface area (Å²) < 4.78 is 2.47. The molecule has 0 spiro atoms. The van der Waals surface area contributed by atoms with Crippen molar-refractivity contribution >= 4 is 34.1 Å². The molecule has 10 heteroatoms. The number of nitrogen functional groups attached to an aromatic ring is 1. The fourth-order valence-electron chi connectivity index (χ4n) is 3.84. The Hall–Kier alpha value is -4.21. The molecular formula is C22H22N8O2. The number of hydrogen-bond donors (Lipinski definition) is 2. The van der Waals surface area contributed by atoms with E-state index in [9.17, 15) is 10.0 Å². The summed E-state index contributed by atoms with van der Waals surface area (Å²) in [7, 11) is 1.80. The fourth-order valence-corrected chi connectivity index (χ4v) is 3.84. The van der Waals surface area contributed by atoms with Crippen LogP contribution in [0.5, 0.6) is 0 Å². The summed E-state index contributed by atoms with van der Waals surface area (Å²) in [5.74, 6) is 1.59. The SMILES string of the molecule is Cc1cc[n+]([O-])cc1-c1cc2cc(Nc3cc4n(n3)CC(=O)N(C)CC4)ncc2c(N)n1. The van der Waals surface area contributed by atoms with E-state index in [0.29, 0.717) is 29.7 Å². The zero-order valence-electron chi connectivity index (χ0n) is 17.7. The van der Waals surface area contributed by atoms with Gasteiger partial charge in [0.25, 0.3) is 0 Å². The van der Waals surface area contributed by atoms with Crippen molar-refractivity contribution in [3.8, 4) is 11.3 Å². The molecule has 0 atom stereocenters. The van der Waals surface area contributed by atoms with Gasteiger partial charge in [0.1, 0.15) is 18.2 Å². The standard InChI is InChI=1S/C22H22N8O2/c1-13-3-6-29(32)11-17(13)18-7-14-8-19(24-10-16(14)22(23)25-18)26-20-9-15-4-5-28(2)21(31)12-30(15)27-20/h3,6-11H,4-5,12H2,1-2H3,(H2,23,25)(H,24,26,27). The van der Waals surface area contributed by atoms with Crippen molar-refractivity contribution < 1.29 is 9.52 Å². The number of carbonyl (C=O) groups excluding carboxylic acids is 1. The molecular weight excluding hydrogens is 408 g/mol. The molecule has 32 heavy (non-hydrogen) atoms. The van der Waals surface area contributed by atoms with Crippen LogP contribution in [0.2, 0.25) is 0 Å². The summed E-state index contributed by atoms with van der Waals surface area (Å²) in [4.78, 5) is 22.7. The van der Waals surface area contributed by atoms with Gasteiger partial charge in [0.2, 0.25) is 5.91 Å². The second kappa shape index (κ2) is 7.49. The third-order valence-electron chi connectivity index (χ3n) is 5.71. The molecule has 0 aliphatic carbocycles. The van der Waals surface area contributed by atoms with Crippen LogP contribution in [0, 0.1) is 12.1 Å². The zero-order valence-corrected chi connectivity index (χ0v) is 17.7. The van der Waals surface area contributed by atoms with E-state index in [1.54, 1.807) is 28.9 Å². The number of likely N-dealkylation sites (N-methyl/N-ethyl adjacent to an activating group) is 1. The number of anilines is 3. The maximum absolute atomic E-state index is 12.1. The summed E-state index contributed by atoms with van der Waals surface area (Å²) in [6.07, 6.45) is 5.34. The highest BCUT2D eigenvalue weighted by atomic mass is 16.5. The summed E-state index contributed by atoms with van der Waals surface area (Å²) in [5.41, 5.74) is 9.44. The first kappa shape index (κ1) is 19.7. The van der Waals surface area contributed by atoms with Gasteiger partial charge in [0, 0.05) is 49.4 Å². The lowest BCUT2D eigenvalue weighted by Gasteiger charge is -2.12. The van der Waals surface area contributed by atoms with Crippen LogP contribution in [-0.2, 0) is 17.8 Å². The molecule has 1 aliphatic rings. The number of carbonyl (C=O) groups is 1. The number of hydrogen-bond acceptors (Lipinski definition) is 7. The number of nitrogens with one attached hydrogen (secondary N) is 1. The summed E-state index contributed by atoms with van der Waals surface area (Å²) in [6.45, 7) is 2.80. The number of fused-ring (bicyclic) bond motifs is 2. The van der Waals surface area contributed by atoms with Crippen molar-refractivity contribution in [2.45, 2.75) is 19.9 Å². The molecule has 0 fully saturated rings. The minimum absolute atomic E-state index is 0.0355. The third kappa shape index (κ3) is 3.55. The minimum atomic E-state index is 0.0355. The zero-order chi connectivity index (χ0) is 22.4. The Kier molecular flexibility index (Phi) is 4.62. The molecule has 0 saturated carbocycles. The largest absolute Gasteiger partial charge is 0.619 e. The van der Waals surface area contributed by atoms with Gasteiger partial charge in [0.15, 0.2) is 18.2 Å². The van der Waals surface area contributed by atoms with Crippen molar-refractivity contribution in [1.82, 2.24) is 24.6 Å². The molecule has 162 valence electrons. The van der Waals surface area contributed by atoms with Crippen molar-refractivity contribution in [3.05, 3.63) is 59.3 Å². The molecule has 3 N–H and O–H groups in total. The molecule has 0 radical (unpaired) electrons. The van der Waals surface area contributed by atoms with Crippen molar-refractivity contribution in [3.63, 3.8) is 0 Å². The first-order valence-electron chi connectivity index (χ1n) is 10.2. The molecule has 1 amide bonds. The number of aromatic nitrogens is 5. The Bertz CT molecular complexity index is 1360. The maximum atomic E-state index is 12.1. The van der Waals surface area contributed by atoms with Crippen LogP contribution in [0.25, 0.3) is 22.0 Å². The monoisotopic (exact) mass is 430 g/mol. The number of nitrogens with zero attached hydrogens (tertiary/aromatic N) is 6. The normalized spacial score (nSPS) is 13.8. The minimum Gasteiger partial charge on any atom is -0.619 e. The molecule has 0 bridgehead atoms. The molecule has 5 heterocycles. The first-order chi connectivity index (χ1) is 15.4. The lowest BCUT2D eigenvalue weighted by Crippen LogP contribution is -2.29. The van der Waals surface area contributed by atoms with Gasteiger partial charge in [-0.15, -0.1) is 0 Å². The maximum Gasteiger partial charge on any atom is 0.244 e. The molecule has 5 rings (SSSR count). The molecule has 1 aliphatic heterocycles. The van der Waals surface area contributed by atoms with Gasteiger partial charge in [-0.25, -0.2) is 9.97 Å². The van der Waals surface area contributed by atoms with Gasteiger partial charge in [-0.05, 0) is 30.0 Å². The Morgan fingerprint density at radius 1 is 1.25 bits per heavy atom. The number of nitrogens with two attached hydrogens (primary N) is 1. The van der Waals surface area contributed by atoms with Crippen LogP contribution >= 0.6 is 0 Å². The van der Waals surface area contributed by atoms with E-state index in [1.165, 1.54) is 12.4 Å². The lowest BCUT2D eigenvalue weighted by atomic mass is 10.1. The highest BCUT2D eigenvalue weighted by molar-refractivity contribution is 5.94.